The number of rotatable bonds is 4. The summed E-state index contributed by atoms with van der Waals surface area (Å²) in [5.41, 5.74) is 1.28. The van der Waals surface area contributed by atoms with E-state index in [0.29, 0.717) is 39.5 Å². The maximum Gasteiger partial charge on any atom is 0.417 e. The first-order valence-corrected chi connectivity index (χ1v) is 17.1. The van der Waals surface area contributed by atoms with Crippen LogP contribution in [0.3, 0.4) is 0 Å². The van der Waals surface area contributed by atoms with Crippen molar-refractivity contribution >= 4 is 52.6 Å². The average Bonchev–Trinajstić information content (AvgIpc) is 3.44. The van der Waals surface area contributed by atoms with Crippen LogP contribution in [0, 0.1) is 30.6 Å². The van der Waals surface area contributed by atoms with Crippen LogP contribution < -0.4 is 5.43 Å². The van der Waals surface area contributed by atoms with Crippen molar-refractivity contribution in [3.05, 3.63) is 98.7 Å². The Morgan fingerprint density at radius 1 is 0.941 bits per heavy atom. The van der Waals surface area contributed by atoms with Gasteiger partial charge in [-0.2, -0.15) is 18.2 Å². The summed E-state index contributed by atoms with van der Waals surface area (Å²) in [4.78, 5) is 63.0. The van der Waals surface area contributed by atoms with Gasteiger partial charge >= 0.3 is 6.18 Å². The number of hydrogen-bond donors (Lipinski definition) is 2. The lowest BCUT2D eigenvalue weighted by Crippen LogP contribution is -2.53. The van der Waals surface area contributed by atoms with Crippen LogP contribution in [0.4, 0.5) is 19.0 Å². The first-order valence-electron chi connectivity index (χ1n) is 16.4. The van der Waals surface area contributed by atoms with Gasteiger partial charge in [-0.1, -0.05) is 59.1 Å². The van der Waals surface area contributed by atoms with Crippen LogP contribution in [-0.4, -0.2) is 49.2 Å². The molecular weight excluding hydrogens is 708 g/mol. The normalized spacial score (nSPS) is 27.7. The third-order valence-corrected chi connectivity index (χ3v) is 11.3. The first-order chi connectivity index (χ1) is 23.9. The molecule has 9 nitrogen and oxygen atoms in total. The summed E-state index contributed by atoms with van der Waals surface area (Å²) < 4.78 is 40.3. The fourth-order valence-corrected chi connectivity index (χ4v) is 9.01. The lowest BCUT2D eigenvalue weighted by Gasteiger charge is -2.50. The number of pyridine rings is 1. The highest BCUT2D eigenvalue weighted by Crippen LogP contribution is 2.64. The molecule has 3 fully saturated rings. The molecule has 6 atom stereocenters. The third-order valence-electron chi connectivity index (χ3n) is 10.8. The van der Waals surface area contributed by atoms with Gasteiger partial charge < -0.3 is 5.11 Å². The number of aryl methyl sites for hydroxylation is 1. The minimum Gasteiger partial charge on any atom is -0.508 e. The minimum absolute atomic E-state index is 0.0110. The Kier molecular flexibility index (Phi) is 8.11. The number of likely N-dealkylation sites (tertiary alicyclic amines) is 1. The molecule has 2 aliphatic carbocycles. The molecule has 4 aliphatic rings. The van der Waals surface area contributed by atoms with E-state index < -0.39 is 69.1 Å². The summed E-state index contributed by atoms with van der Waals surface area (Å²) in [6.07, 6.45) is -2.03. The Labute approximate surface area is 301 Å². The smallest absolute Gasteiger partial charge is 0.417 e. The molecule has 1 saturated carbocycles. The zero-order chi connectivity index (χ0) is 36.9. The summed E-state index contributed by atoms with van der Waals surface area (Å²) >= 11 is 12.5. The summed E-state index contributed by atoms with van der Waals surface area (Å²) in [6.45, 7) is 7.05. The number of phenols is 1. The van der Waals surface area contributed by atoms with Gasteiger partial charge in [0, 0.05) is 22.7 Å². The van der Waals surface area contributed by atoms with Crippen molar-refractivity contribution in [1.29, 1.82) is 0 Å². The van der Waals surface area contributed by atoms with Gasteiger partial charge in [0.2, 0.25) is 11.8 Å². The lowest BCUT2D eigenvalue weighted by molar-refractivity contribution is -0.146. The number of hydrazine groups is 1. The number of carbonyl (C=O) groups is 4. The molecule has 3 heterocycles. The fourth-order valence-electron chi connectivity index (χ4n) is 8.68. The molecular formula is C37H33Cl2F3N4O5. The Bertz CT molecular complexity index is 2050. The molecule has 0 unspecified atom stereocenters. The number of nitrogens with one attached hydrogen (secondary N) is 1. The summed E-state index contributed by atoms with van der Waals surface area (Å²) in [7, 11) is 0. The van der Waals surface area contributed by atoms with Gasteiger partial charge in [-0.05, 0) is 87.4 Å². The number of aromatic hydroxyl groups is 1. The van der Waals surface area contributed by atoms with Gasteiger partial charge in [-0.3, -0.25) is 29.5 Å². The fraction of sp³-hybridized carbons (Fsp3) is 0.378. The number of aromatic nitrogens is 1. The van der Waals surface area contributed by atoms with Crippen molar-refractivity contribution in [1.82, 2.24) is 14.9 Å². The van der Waals surface area contributed by atoms with Gasteiger partial charge in [0.25, 0.3) is 11.8 Å². The Balaban J connectivity index is 1.44. The van der Waals surface area contributed by atoms with Crippen LogP contribution in [0.5, 0.6) is 5.75 Å². The highest BCUT2D eigenvalue weighted by molar-refractivity contribution is 6.33. The van der Waals surface area contributed by atoms with Crippen LogP contribution in [0.2, 0.25) is 10.0 Å². The molecule has 2 aromatic carbocycles. The van der Waals surface area contributed by atoms with Gasteiger partial charge in [0.05, 0.1) is 33.8 Å². The average molecular weight is 742 g/mol. The molecule has 1 aromatic heterocycles. The topological polar surface area (TPSA) is 120 Å². The van der Waals surface area contributed by atoms with Crippen molar-refractivity contribution < 1.29 is 37.5 Å². The molecule has 4 amide bonds. The molecule has 0 spiro atoms. The van der Waals surface area contributed by atoms with Crippen molar-refractivity contribution in [3.63, 3.8) is 0 Å². The second-order valence-corrected chi connectivity index (χ2v) is 15.5. The van der Waals surface area contributed by atoms with E-state index in [1.165, 1.54) is 11.0 Å². The standard InChI is InChI=1S/C37H33Cl2F3N4O5/c1-17-13-18(5-12-27(17)47)29-22-10-11-23-28(33(50)45(31(23)48)35(2,3)4)24(22)15-25-32(49)46(34(51)36(25,29)19-6-8-21(38)9-7-19)44-30-26(39)14-20(16-43-30)37(40,41)42/h5-10,12-14,16,23-25,28-29,47H,11,15H2,1-4H3,(H,43,44)/t23-,24+,25-,28-,29-,36+/m0/s1. The lowest BCUT2D eigenvalue weighted by atomic mass is 9.49. The van der Waals surface area contributed by atoms with Crippen LogP contribution in [0.25, 0.3) is 0 Å². The number of amides is 4. The van der Waals surface area contributed by atoms with E-state index in [1.54, 1.807) is 64.1 Å². The molecule has 3 aromatic rings. The molecule has 14 heteroatoms. The predicted octanol–water partition coefficient (Wildman–Crippen LogP) is 7.20. The monoisotopic (exact) mass is 740 g/mol. The van der Waals surface area contributed by atoms with Crippen LogP contribution in [0.15, 0.2) is 66.4 Å². The molecule has 266 valence electrons. The molecule has 51 heavy (non-hydrogen) atoms. The zero-order valence-corrected chi connectivity index (χ0v) is 29.4. The number of allylic oxidation sites excluding steroid dienone is 2. The van der Waals surface area contributed by atoms with Crippen LogP contribution in [0.1, 0.15) is 61.8 Å². The van der Waals surface area contributed by atoms with Crippen LogP contribution in [-0.2, 0) is 30.8 Å². The molecule has 0 bridgehead atoms. The maximum absolute atomic E-state index is 15.2. The maximum atomic E-state index is 15.2. The first kappa shape index (κ1) is 35.0. The molecule has 7 rings (SSSR count). The SMILES string of the molecule is Cc1cc([C@H]2C3=CC[C@@H]4C(=O)N(C(C)(C)C)C(=O)[C@@H]4[C@@H]3C[C@H]3C(=O)N(Nc4ncc(C(F)(F)F)cc4Cl)C(=O)[C@@]23c2ccc(Cl)cc2)ccc1O. The molecule has 0 radical (unpaired) electrons. The number of carbonyl (C=O) groups excluding carboxylic acids is 4. The number of halogens is 5. The quantitative estimate of drug-likeness (QED) is 0.214. The van der Waals surface area contributed by atoms with E-state index in [-0.39, 0.29) is 36.2 Å². The second kappa shape index (κ2) is 11.8. The van der Waals surface area contributed by atoms with E-state index in [1.807, 2.05) is 6.08 Å². The zero-order valence-electron chi connectivity index (χ0n) is 27.9. The van der Waals surface area contributed by atoms with Gasteiger partial charge in [-0.25, -0.2) is 4.98 Å². The van der Waals surface area contributed by atoms with E-state index in [2.05, 4.69) is 10.4 Å². The van der Waals surface area contributed by atoms with Crippen molar-refractivity contribution in [2.24, 2.45) is 23.7 Å². The number of benzene rings is 2. The summed E-state index contributed by atoms with van der Waals surface area (Å²) in [5.74, 6) is -6.49. The highest BCUT2D eigenvalue weighted by Gasteiger charge is 2.70. The summed E-state index contributed by atoms with van der Waals surface area (Å²) in [6, 6.07) is 12.1. The van der Waals surface area contributed by atoms with Crippen LogP contribution >= 0.6 is 23.2 Å². The predicted molar refractivity (Wildman–Crippen MR) is 181 cm³/mol. The van der Waals surface area contributed by atoms with Crippen molar-refractivity contribution in [2.45, 2.75) is 63.6 Å². The number of fused-ring (bicyclic) bond motifs is 4. The van der Waals surface area contributed by atoms with Crippen molar-refractivity contribution in [2.75, 3.05) is 5.43 Å². The second-order valence-electron chi connectivity index (χ2n) is 14.6. The largest absolute Gasteiger partial charge is 0.508 e. The highest BCUT2D eigenvalue weighted by atomic mass is 35.5. The van der Waals surface area contributed by atoms with E-state index >= 15 is 4.79 Å². The van der Waals surface area contributed by atoms with Gasteiger partial charge in [-0.15, -0.1) is 0 Å². The Morgan fingerprint density at radius 3 is 2.24 bits per heavy atom. The number of nitrogens with zero attached hydrogens (tertiary/aromatic N) is 3. The third kappa shape index (κ3) is 5.24. The van der Waals surface area contributed by atoms with Gasteiger partial charge in [0.1, 0.15) is 5.75 Å². The number of anilines is 1. The number of hydrogen-bond acceptors (Lipinski definition) is 7. The van der Waals surface area contributed by atoms with E-state index in [4.69, 9.17) is 23.2 Å². The number of phenolic OH excluding ortho intramolecular Hbond substituents is 1. The van der Waals surface area contributed by atoms with Crippen molar-refractivity contribution in [3.8, 4) is 5.75 Å². The minimum atomic E-state index is -4.74. The molecule has 2 saturated heterocycles. The Morgan fingerprint density at radius 2 is 1.63 bits per heavy atom. The molecule has 2 aliphatic heterocycles. The number of imide groups is 2. The summed E-state index contributed by atoms with van der Waals surface area (Å²) in [5, 5.41) is 11.2. The van der Waals surface area contributed by atoms with E-state index in [0.717, 1.165) is 5.01 Å². The number of alkyl halides is 3. The molecule has 2 N–H and O–H groups in total. The Hall–Kier alpha value is -4.42. The van der Waals surface area contributed by atoms with Gasteiger partial charge in [0.15, 0.2) is 5.82 Å². The van der Waals surface area contributed by atoms with E-state index in [9.17, 15) is 32.7 Å².